The van der Waals surface area contributed by atoms with Crippen LogP contribution in [0.25, 0.3) is 11.5 Å². The number of nitrogens with zero attached hydrogens (tertiary/aromatic N) is 14. The number of aliphatic hydroxyl groups excluding tert-OH is 2. The number of halogens is 9. The first-order valence-corrected chi connectivity index (χ1v) is 45.9. The number of hydrogen-bond donors (Lipinski definition) is 6. The maximum atomic E-state index is 14.1. The van der Waals surface area contributed by atoms with Crippen molar-refractivity contribution in [3.8, 4) is 35.2 Å². The van der Waals surface area contributed by atoms with E-state index < -0.39 is 217 Å². The SMILES string of the molecule is CC(C)(C)OC(=O)N1CC(F)(F)C[C@H]1C(=O)O.CC(C)(C)OC(=O)N1CC(F)(F)C[C@H]1c1nc(-c2ccc(C#Cc3ccccn3)cn2)no1.CC(C)(C)OC(=O)N1C[C@H](O)C[C@H]1C(=O)O.CCN(CC)S(F)(F)F.COC(=O)[C@@H]1CC(=O)CN1C(=O)OC(C)(C)C.COC(=O)[C@@H]1CC(F)(F)CN1C(=O)OC(C)(C)C.COC(=O)[C@@H]1C[C@@H](O)CN1C(=O)OC(C)(C)C.N/C(=N\O)c1ccc(C#Cc2ccccn2)cn1.[K+].[OH-]. The molecule has 11 rings (SSSR count). The molecule has 54 heteroatoms. The number of amides is 6. The number of aliphatic hydroxyl groups is 2. The molecule has 5 aromatic heterocycles. The molecule has 8 N–H and O–H groups in total. The number of carbonyl (C=O) groups excluding carboxylic acids is 10. The fourth-order valence-electron chi connectivity index (χ4n) is 13.0. The first kappa shape index (κ1) is 131. The van der Waals surface area contributed by atoms with Gasteiger partial charge in [-0.1, -0.05) is 48.1 Å². The number of carboxylic acid groups (broad SMARTS) is 2. The molecule has 147 heavy (non-hydrogen) atoms. The summed E-state index contributed by atoms with van der Waals surface area (Å²) in [7, 11) is 3.56. The molecule has 8 atom stereocenters. The number of oxime groups is 1. The number of pyridine rings is 4. The number of hydrogen-bond acceptors (Lipinski definition) is 34. The third kappa shape index (κ3) is 46.1. The molecule has 0 radical (unpaired) electrons. The van der Waals surface area contributed by atoms with Crippen molar-refractivity contribution >= 4 is 89.4 Å². The smallest absolute Gasteiger partial charge is 0.870 e. The van der Waals surface area contributed by atoms with E-state index in [9.17, 15) is 106 Å². The number of likely N-dealkylation sites (tertiary alicyclic amines) is 6. The Morgan fingerprint density at radius 2 is 0.850 bits per heavy atom. The molecule has 6 aliphatic rings. The van der Waals surface area contributed by atoms with E-state index in [2.05, 4.69) is 73.1 Å². The molecule has 6 fully saturated rings. The van der Waals surface area contributed by atoms with E-state index in [0.717, 1.165) is 32.3 Å². The van der Waals surface area contributed by atoms with Crippen molar-refractivity contribution in [2.24, 2.45) is 10.9 Å². The van der Waals surface area contributed by atoms with Gasteiger partial charge in [0.25, 0.3) is 29.1 Å². The van der Waals surface area contributed by atoms with Crippen molar-refractivity contribution in [1.29, 1.82) is 0 Å². The molecule has 0 spiro atoms. The zero-order chi connectivity index (χ0) is 110. The Balaban J connectivity index is 0.000000580. The van der Waals surface area contributed by atoms with Crippen molar-refractivity contribution in [3.63, 3.8) is 0 Å². The molecule has 6 amide bonds. The summed E-state index contributed by atoms with van der Waals surface area (Å²) in [4.78, 5) is 165. The molecule has 5 aromatic rings. The van der Waals surface area contributed by atoms with Crippen molar-refractivity contribution in [3.05, 3.63) is 120 Å². The fraction of sp³-hybridized carbons (Fsp3) is 0.581. The Labute approximate surface area is 888 Å². The zero-order valence-electron chi connectivity index (χ0n) is 85.9. The molecule has 11 heterocycles. The summed E-state index contributed by atoms with van der Waals surface area (Å²) in [6, 6.07) is 11.2. The number of amidine groups is 1. The van der Waals surface area contributed by atoms with Gasteiger partial charge in [0.05, 0.1) is 72.8 Å². The summed E-state index contributed by atoms with van der Waals surface area (Å²) in [6.45, 7) is 30.7. The minimum absolute atomic E-state index is 0. The van der Waals surface area contributed by atoms with E-state index in [-0.39, 0.29) is 132 Å². The van der Waals surface area contributed by atoms with E-state index in [1.54, 1.807) is 180 Å². The molecule has 43 nitrogen and oxygen atoms in total. The van der Waals surface area contributed by atoms with Gasteiger partial charge in [-0.05, 0) is 185 Å². The van der Waals surface area contributed by atoms with Gasteiger partial charge in [-0.2, -0.15) is 9.29 Å². The fourth-order valence-corrected chi connectivity index (χ4v) is 13.6. The van der Waals surface area contributed by atoms with Crippen LogP contribution < -0.4 is 57.1 Å². The molecular weight excluding hydrogens is 2020 g/mol. The average molecular weight is 2150 g/mol. The minimum Gasteiger partial charge on any atom is -0.870 e. The van der Waals surface area contributed by atoms with Gasteiger partial charge >= 0.3 is 118 Å². The molecule has 812 valence electrons. The summed E-state index contributed by atoms with van der Waals surface area (Å²) >= 11 is -4.93. The number of alkyl halides is 6. The second-order valence-corrected chi connectivity index (χ2v) is 39.8. The topological polar surface area (TPSA) is 571 Å². The number of methoxy groups -OCH3 is 3. The van der Waals surface area contributed by atoms with Crippen LogP contribution in [0.2, 0.25) is 0 Å². The maximum absolute atomic E-state index is 14.1. The van der Waals surface area contributed by atoms with Crippen LogP contribution in [0.5, 0.6) is 0 Å². The largest absolute Gasteiger partial charge is 1.00 e. The van der Waals surface area contributed by atoms with Crippen molar-refractivity contribution in [2.75, 3.05) is 73.7 Å². The van der Waals surface area contributed by atoms with Gasteiger partial charge < -0.3 is 84.0 Å². The van der Waals surface area contributed by atoms with Gasteiger partial charge in [0.1, 0.15) is 92.6 Å². The predicted molar refractivity (Wildman–Crippen MR) is 501 cm³/mol. The van der Waals surface area contributed by atoms with E-state index in [1.807, 2.05) is 24.3 Å². The third-order valence-corrected chi connectivity index (χ3v) is 20.2. The number of β-amino-alcohol motifs (C(OH)–C–C–N with tert-alkyl or cyclic N) is 2. The number of esters is 3. The standard InChI is InChI=1S/C23H21F2N5O3.C13H10N4O.C11H17F2NO4.C11H19NO5.C11H17NO5.C10H15F2NO4.C10H17NO5.C4H10F3NS.K.H2O/c1-22(2,3)32-21(31)30-14-23(24,25)12-18(30)20-28-19(29-33-20)17-10-8-15(13-27-17)7-9-16-6-4-5-11-26-16;14-13(17-18)12-7-5-10(9-16-12)4-6-11-3-1-2-8-15-11;1-10(2,3)18-9(16)14-6-11(12,13)5-7(14)8(15)17-4;2*1-11(2,3)17-10(15)12-6-7(13)5-8(12)9(14)16-4;1-9(2,3)17-8(16)13-5-10(11,12)4-6(13)7(14)15;1-10(2,3)16-9(15)11-5-6(12)4-7(11)8(13)14;1-3-8(4-2)9(5,6)7;;/h4-6,8,10-11,13,18H,12,14H2,1-3H3;1-3,5,7-9,18H,(H2,14,17);7H,5-6H2,1-4H3;7-8,13H,5-6H2,1-4H3;8H,5-6H2,1-4H3;6H,4-5H2,1-3H3,(H,14,15);6-7,12H,4-5H2,1-3H3,(H,13,14);3-4H2,1-2H3;;1H2/q;;;;;;;;+1;/p-1/t18-;;7-;7-,8+;8-;6-;6-,7+;;;/m0.01001.../s1. The van der Waals surface area contributed by atoms with Gasteiger partial charge in [-0.3, -0.25) is 44.2 Å². The maximum Gasteiger partial charge on any atom is 1.00 e. The van der Waals surface area contributed by atoms with Crippen molar-refractivity contribution in [2.45, 2.75) is 277 Å². The number of aromatic nitrogens is 6. The summed E-state index contributed by atoms with van der Waals surface area (Å²) < 4.78 is 166. The molecule has 0 aliphatic carbocycles. The quantitative estimate of drug-likeness (QED) is 0.00823. The zero-order valence-corrected chi connectivity index (χ0v) is 89.9. The van der Waals surface area contributed by atoms with Gasteiger partial charge in [0, 0.05) is 87.5 Å². The first-order valence-electron chi connectivity index (χ1n) is 44.6. The van der Waals surface area contributed by atoms with E-state index >= 15 is 0 Å². The summed E-state index contributed by atoms with van der Waals surface area (Å²) in [6.07, 6.45) is -1.89. The Morgan fingerprint density at radius 3 is 1.21 bits per heavy atom. The number of carboxylic acids is 2. The third-order valence-electron chi connectivity index (χ3n) is 19.1. The number of nitrogens with two attached hydrogens (primary N) is 1. The minimum atomic E-state index is -4.93. The van der Waals surface area contributed by atoms with Crippen LogP contribution in [-0.4, -0.2) is 340 Å². The van der Waals surface area contributed by atoms with E-state index in [0.29, 0.717) is 37.5 Å². The Bertz CT molecular complexity index is 5370. The van der Waals surface area contributed by atoms with Crippen LogP contribution in [-0.2, 0) is 71.4 Å². The monoisotopic (exact) mass is 2140 g/mol. The van der Waals surface area contributed by atoms with E-state index in [4.69, 9.17) is 54.1 Å². The summed E-state index contributed by atoms with van der Waals surface area (Å²) in [5.74, 6) is -2.41. The Morgan fingerprint density at radius 1 is 0.490 bits per heavy atom. The van der Waals surface area contributed by atoms with Crippen LogP contribution in [0.15, 0.2) is 95.1 Å². The van der Waals surface area contributed by atoms with E-state index in [1.165, 1.54) is 39.2 Å². The molecule has 6 aliphatic heterocycles. The number of carbonyl (C=O) groups is 12. The molecule has 6 saturated heterocycles. The van der Waals surface area contributed by atoms with Crippen LogP contribution in [0.3, 0.4) is 0 Å². The summed E-state index contributed by atoms with van der Waals surface area (Å²) in [5, 5.41) is 51.7. The normalized spacial score (nSPS) is 19.6. The van der Waals surface area contributed by atoms with Gasteiger partial charge in [0.2, 0.25) is 11.7 Å². The number of Topliss-reactive ketones (excluding diaryl/α,β-unsaturated/α-hetero) is 1. The number of ether oxygens (including phenoxy) is 9. The molecule has 0 bridgehead atoms. The van der Waals surface area contributed by atoms with Gasteiger partial charge in [0.15, 0.2) is 11.6 Å². The number of rotatable bonds is 11. The van der Waals surface area contributed by atoms with Gasteiger partial charge in [-0.25, -0.2) is 89.1 Å². The second kappa shape index (κ2) is 56.4. The van der Waals surface area contributed by atoms with Crippen molar-refractivity contribution < 1.29 is 225 Å². The van der Waals surface area contributed by atoms with Crippen LogP contribution in [0.4, 0.5) is 66.8 Å². The molecule has 0 unspecified atom stereocenters. The average Bonchev–Trinajstić information content (AvgIpc) is 1.63. The molecular formula is C93H127F9KN15O28S. The molecule has 0 saturated carbocycles. The van der Waals surface area contributed by atoms with Gasteiger partial charge in [-0.15, -0.1) is 11.7 Å². The molecule has 0 aromatic carbocycles. The van der Waals surface area contributed by atoms with Crippen LogP contribution in [0, 0.1) is 23.7 Å². The predicted octanol–water partition coefficient (Wildman–Crippen LogP) is 9.97. The van der Waals surface area contributed by atoms with Crippen LogP contribution in [0.1, 0.15) is 217 Å². The first-order chi connectivity index (χ1) is 66.7. The Kier molecular flexibility index (Phi) is 50.3. The second-order valence-electron chi connectivity index (χ2n) is 38.5. The summed E-state index contributed by atoms with van der Waals surface area (Å²) in [5.41, 5.74) is 4.43. The van der Waals surface area contributed by atoms with Crippen LogP contribution >= 0.6 is 11.4 Å². The Hall–Kier alpha value is -12.0. The number of ketones is 1. The number of aliphatic carboxylic acids is 2. The van der Waals surface area contributed by atoms with Crippen molar-refractivity contribution in [1.82, 2.24) is 63.8 Å².